The van der Waals surface area contributed by atoms with Crippen LogP contribution in [0.2, 0.25) is 0 Å². The molecule has 41 heavy (non-hydrogen) atoms. The summed E-state index contributed by atoms with van der Waals surface area (Å²) in [5, 5.41) is 0. The minimum atomic E-state index is 0.327. The highest BCUT2D eigenvalue weighted by Gasteiger charge is 2.33. The molecule has 0 radical (unpaired) electrons. The second-order valence-corrected chi connectivity index (χ2v) is 12.8. The summed E-state index contributed by atoms with van der Waals surface area (Å²) in [7, 11) is 0. The third-order valence-corrected chi connectivity index (χ3v) is 8.68. The molecule has 0 aromatic heterocycles. The molecule has 4 atom stereocenters. The van der Waals surface area contributed by atoms with Crippen molar-refractivity contribution in [3.63, 3.8) is 0 Å². The lowest BCUT2D eigenvalue weighted by Gasteiger charge is -2.28. The predicted octanol–water partition coefficient (Wildman–Crippen LogP) is 6.75. The number of benzene rings is 1. The van der Waals surface area contributed by atoms with E-state index in [1.54, 1.807) is 0 Å². The zero-order valence-corrected chi connectivity index (χ0v) is 25.7. The van der Waals surface area contributed by atoms with Crippen LogP contribution in [0.1, 0.15) is 96.8 Å². The number of unbranched alkanes of at least 4 members (excludes halogenated alkanes) is 13. The summed E-state index contributed by atoms with van der Waals surface area (Å²) in [6.07, 6.45) is 20.5. The van der Waals surface area contributed by atoms with Crippen molar-refractivity contribution in [2.75, 3.05) is 69.0 Å². The number of rotatable bonds is 26. The fourth-order valence-corrected chi connectivity index (χ4v) is 5.75. The summed E-state index contributed by atoms with van der Waals surface area (Å²) in [6, 6.07) is 6.75. The van der Waals surface area contributed by atoms with E-state index in [0.29, 0.717) is 24.4 Å². The first kappa shape index (κ1) is 30.9. The first-order chi connectivity index (χ1) is 20.3. The summed E-state index contributed by atoms with van der Waals surface area (Å²) in [5.74, 6) is 0.962. The van der Waals surface area contributed by atoms with E-state index in [1.165, 1.54) is 94.8 Å². The second kappa shape index (κ2) is 16.9. The van der Waals surface area contributed by atoms with Crippen LogP contribution >= 0.6 is 0 Å². The topological polar surface area (TPSA) is 65.8 Å². The summed E-state index contributed by atoms with van der Waals surface area (Å²) >= 11 is 0. The van der Waals surface area contributed by atoms with Gasteiger partial charge >= 0.3 is 0 Å². The van der Waals surface area contributed by atoms with Crippen LogP contribution in [0.15, 0.2) is 18.2 Å². The van der Waals surface area contributed by atoms with E-state index in [0.717, 1.165) is 71.4 Å². The maximum Gasteiger partial charge on any atom is 0.123 e. The standard InChI is InChI=1S/C34H56N2O5/c1-2-3-4-5-6-7-8-9-10-11-12-13-14-15-16-37-30-18-28(35(20-31-24-38-31)21-32-25-39-32)17-29(19-30)36(22-33-26-40-33)23-34-27-41-34/h17-19,31-34H,2-16,20-27H2,1H3. The van der Waals surface area contributed by atoms with E-state index in [9.17, 15) is 0 Å². The van der Waals surface area contributed by atoms with E-state index in [1.807, 2.05) is 0 Å². The van der Waals surface area contributed by atoms with Gasteiger partial charge in [0.15, 0.2) is 0 Å². The molecule has 0 amide bonds. The van der Waals surface area contributed by atoms with Gasteiger partial charge in [-0.2, -0.15) is 0 Å². The molecule has 4 unspecified atom stereocenters. The molecule has 1 aromatic carbocycles. The number of hydrogen-bond donors (Lipinski definition) is 0. The molecule has 4 aliphatic rings. The van der Waals surface area contributed by atoms with E-state index < -0.39 is 0 Å². The maximum atomic E-state index is 6.40. The Labute approximate surface area is 249 Å². The molecule has 1 aromatic rings. The molecule has 4 saturated heterocycles. The Morgan fingerprint density at radius 1 is 0.537 bits per heavy atom. The maximum absolute atomic E-state index is 6.40. The van der Waals surface area contributed by atoms with Gasteiger partial charge in [0.1, 0.15) is 5.75 Å². The number of anilines is 2. The van der Waals surface area contributed by atoms with Crippen LogP contribution in [0.25, 0.3) is 0 Å². The Hall–Kier alpha value is -1.54. The van der Waals surface area contributed by atoms with E-state index in [-0.39, 0.29) is 0 Å². The molecule has 0 bridgehead atoms. The fraction of sp³-hybridized carbons (Fsp3) is 0.824. The molecule has 0 spiro atoms. The van der Waals surface area contributed by atoms with E-state index in [2.05, 4.69) is 34.9 Å². The highest BCUT2D eigenvalue weighted by Crippen LogP contribution is 2.33. The first-order valence-corrected chi connectivity index (χ1v) is 17.0. The van der Waals surface area contributed by atoms with Gasteiger partial charge in [-0.05, 0) is 12.5 Å². The van der Waals surface area contributed by atoms with Gasteiger partial charge in [-0.1, -0.05) is 90.4 Å². The molecule has 4 aliphatic heterocycles. The van der Waals surface area contributed by atoms with Crippen LogP contribution in [-0.2, 0) is 18.9 Å². The van der Waals surface area contributed by atoms with Crippen molar-refractivity contribution in [3.05, 3.63) is 18.2 Å². The van der Waals surface area contributed by atoms with Gasteiger partial charge in [0.25, 0.3) is 0 Å². The monoisotopic (exact) mass is 572 g/mol. The van der Waals surface area contributed by atoms with Crippen molar-refractivity contribution in [3.8, 4) is 5.75 Å². The largest absolute Gasteiger partial charge is 0.493 e. The highest BCUT2D eigenvalue weighted by atomic mass is 16.6. The first-order valence-electron chi connectivity index (χ1n) is 17.0. The molecular formula is C34H56N2O5. The summed E-state index contributed by atoms with van der Waals surface area (Å²) < 4.78 is 28.8. The molecule has 7 nitrogen and oxygen atoms in total. The van der Waals surface area contributed by atoms with Crippen LogP contribution in [-0.4, -0.2) is 83.6 Å². The SMILES string of the molecule is CCCCCCCCCCCCCCCCOc1cc(N(CC2CO2)CC2CO2)cc(N(CC2CO2)CC2CO2)c1. The van der Waals surface area contributed by atoms with Crippen molar-refractivity contribution in [2.24, 2.45) is 0 Å². The number of nitrogens with zero attached hydrogens (tertiary/aromatic N) is 2. The molecule has 0 saturated carbocycles. The molecule has 0 N–H and O–H groups in total. The molecule has 5 rings (SSSR count). The van der Waals surface area contributed by atoms with Gasteiger partial charge < -0.3 is 33.5 Å². The van der Waals surface area contributed by atoms with Crippen molar-refractivity contribution in [2.45, 2.75) is 121 Å². The Morgan fingerprint density at radius 2 is 0.878 bits per heavy atom. The molecule has 4 fully saturated rings. The minimum Gasteiger partial charge on any atom is -0.493 e. The third-order valence-electron chi connectivity index (χ3n) is 8.68. The van der Waals surface area contributed by atoms with Crippen LogP contribution in [0.3, 0.4) is 0 Å². The summed E-state index contributed by atoms with van der Waals surface area (Å²) in [4.78, 5) is 4.86. The van der Waals surface area contributed by atoms with Crippen LogP contribution < -0.4 is 14.5 Å². The van der Waals surface area contributed by atoms with Crippen molar-refractivity contribution < 1.29 is 23.7 Å². The van der Waals surface area contributed by atoms with Gasteiger partial charge in [-0.25, -0.2) is 0 Å². The van der Waals surface area contributed by atoms with Gasteiger partial charge in [0.05, 0.1) is 57.5 Å². The lowest BCUT2D eigenvalue weighted by Crippen LogP contribution is -2.33. The Bertz CT molecular complexity index is 790. The Balaban J connectivity index is 1.05. The van der Waals surface area contributed by atoms with E-state index in [4.69, 9.17) is 23.7 Å². The van der Waals surface area contributed by atoms with E-state index >= 15 is 0 Å². The Kier molecular flexibility index (Phi) is 12.8. The van der Waals surface area contributed by atoms with Crippen LogP contribution in [0.4, 0.5) is 11.4 Å². The van der Waals surface area contributed by atoms with Gasteiger partial charge in [-0.3, -0.25) is 0 Å². The van der Waals surface area contributed by atoms with Crippen LogP contribution in [0.5, 0.6) is 5.75 Å². The number of hydrogen-bond acceptors (Lipinski definition) is 7. The fourth-order valence-electron chi connectivity index (χ4n) is 5.75. The van der Waals surface area contributed by atoms with Gasteiger partial charge in [-0.15, -0.1) is 0 Å². The van der Waals surface area contributed by atoms with Crippen molar-refractivity contribution in [1.82, 2.24) is 0 Å². The molecule has 4 heterocycles. The minimum absolute atomic E-state index is 0.327. The molecular weight excluding hydrogens is 516 g/mol. The zero-order chi connectivity index (χ0) is 28.1. The zero-order valence-electron chi connectivity index (χ0n) is 25.7. The predicted molar refractivity (Wildman–Crippen MR) is 166 cm³/mol. The average molecular weight is 573 g/mol. The average Bonchev–Trinajstić information content (AvgIpc) is 3.80. The van der Waals surface area contributed by atoms with Crippen LogP contribution in [0, 0.1) is 0 Å². The van der Waals surface area contributed by atoms with Crippen molar-refractivity contribution >= 4 is 11.4 Å². The summed E-state index contributed by atoms with van der Waals surface area (Å²) in [6.45, 7) is 10.1. The lowest BCUT2D eigenvalue weighted by molar-refractivity contribution is 0.304. The smallest absolute Gasteiger partial charge is 0.123 e. The number of epoxide rings is 4. The summed E-state index contributed by atoms with van der Waals surface area (Å²) in [5.41, 5.74) is 2.39. The van der Waals surface area contributed by atoms with Crippen molar-refractivity contribution in [1.29, 1.82) is 0 Å². The Morgan fingerprint density at radius 3 is 1.22 bits per heavy atom. The third kappa shape index (κ3) is 12.7. The lowest BCUT2D eigenvalue weighted by atomic mass is 10.0. The highest BCUT2D eigenvalue weighted by molar-refractivity contribution is 5.64. The molecule has 0 aliphatic carbocycles. The van der Waals surface area contributed by atoms with Gasteiger partial charge in [0, 0.05) is 49.7 Å². The number of ether oxygens (including phenoxy) is 5. The normalized spacial score (nSPS) is 23.8. The van der Waals surface area contributed by atoms with Gasteiger partial charge in [0.2, 0.25) is 0 Å². The molecule has 7 heteroatoms. The second-order valence-electron chi connectivity index (χ2n) is 12.8. The quantitative estimate of drug-likeness (QED) is 0.0898. The molecule has 232 valence electrons.